The van der Waals surface area contributed by atoms with Gasteiger partial charge in [0, 0.05) is 24.1 Å². The molecule has 5 atom stereocenters. The number of ketones is 1. The maximum Gasteiger partial charge on any atom is 0.413 e. The summed E-state index contributed by atoms with van der Waals surface area (Å²) in [4.78, 5) is 50.9. The van der Waals surface area contributed by atoms with Gasteiger partial charge in [0.25, 0.3) is 0 Å². The number of methoxy groups -OCH3 is 2. The lowest BCUT2D eigenvalue weighted by atomic mass is 10.00. The molecule has 1 aliphatic heterocycles. The highest BCUT2D eigenvalue weighted by Gasteiger charge is 2.60. The molecule has 1 aliphatic rings. The number of hydrogen-bond acceptors (Lipinski definition) is 12. The number of nitrogens with zero attached hydrogens (tertiary/aromatic N) is 2. The molecule has 258 valence electrons. The van der Waals surface area contributed by atoms with Crippen molar-refractivity contribution in [1.29, 1.82) is 0 Å². The molecule has 0 aliphatic carbocycles. The van der Waals surface area contributed by atoms with Crippen molar-refractivity contribution in [2.24, 2.45) is 5.92 Å². The van der Waals surface area contributed by atoms with Crippen LogP contribution < -0.4 is 25.6 Å². The van der Waals surface area contributed by atoms with E-state index < -0.39 is 62.5 Å². The number of rotatable bonds is 14. The zero-order valence-corrected chi connectivity index (χ0v) is 26.9. The number of fused-ring (bicyclic) bond motifs is 1. The monoisotopic (exact) mass is 688 g/mol. The number of furan rings is 1. The molecular weight excluding hydrogens is 653 g/mol. The molecule has 47 heavy (non-hydrogen) atoms. The van der Waals surface area contributed by atoms with Gasteiger partial charge in [-0.3, -0.25) is 19.2 Å². The van der Waals surface area contributed by atoms with Crippen molar-refractivity contribution in [2.75, 3.05) is 26.1 Å². The van der Waals surface area contributed by atoms with E-state index in [1.165, 1.54) is 14.2 Å². The standard InChI is InChI=1S/C28H35F2N4O12P/c1-6-18(35)22(14(2)3)33-47(39,40)44-13-20-24(36)28(29,30)25(46-20)34-8-7-21(31-26(34)37)32-27(38)43-12-17-10-15-9-16(41-4)11-19(42-5)23(15)45-17/h7-11,14,20,22,24-25,36H,6,12-13H2,1-5H3,(H2,33,39,40)(H,31,32,37,38)/t20-,22+,24-,25-/m1/s1. The maximum atomic E-state index is 15.0. The number of aliphatic hydroxyl groups is 1. The van der Waals surface area contributed by atoms with E-state index in [1.54, 1.807) is 39.0 Å². The quantitative estimate of drug-likeness (QED) is 0.179. The minimum Gasteiger partial charge on any atom is -0.497 e. The van der Waals surface area contributed by atoms with Gasteiger partial charge in [0.05, 0.1) is 26.9 Å². The predicted octanol–water partition coefficient (Wildman–Crippen LogP) is 3.36. The average molecular weight is 689 g/mol. The van der Waals surface area contributed by atoms with Crippen LogP contribution in [0.5, 0.6) is 11.5 Å². The first kappa shape index (κ1) is 35.9. The third-order valence-electron chi connectivity index (χ3n) is 7.18. The van der Waals surface area contributed by atoms with E-state index in [2.05, 4.69) is 15.4 Å². The Labute approximate surface area is 266 Å². The number of carbonyl (C=O) groups excluding carboxylic acids is 2. The number of aliphatic hydroxyl groups excluding tert-OH is 1. The zero-order valence-electron chi connectivity index (χ0n) is 26.0. The SMILES string of the molecule is CCC(=O)[C@@H](NP(=O)(O)OC[C@H]1O[C@@H](n2ccc(NC(=O)OCc3cc4cc(OC)cc(OC)c4o3)nc2=O)C(F)(F)[C@@H]1O)C(C)C. The molecule has 3 heterocycles. The van der Waals surface area contributed by atoms with Crippen molar-refractivity contribution >= 4 is 36.4 Å². The number of hydrogen-bond donors (Lipinski definition) is 4. The van der Waals surface area contributed by atoms with Gasteiger partial charge in [-0.25, -0.2) is 19.2 Å². The van der Waals surface area contributed by atoms with Crippen LogP contribution in [-0.4, -0.2) is 76.4 Å². The van der Waals surface area contributed by atoms with Gasteiger partial charge in [-0.1, -0.05) is 20.8 Å². The second-order valence-electron chi connectivity index (χ2n) is 10.8. The maximum absolute atomic E-state index is 15.0. The Balaban J connectivity index is 1.38. The van der Waals surface area contributed by atoms with Gasteiger partial charge in [0.2, 0.25) is 6.23 Å². The summed E-state index contributed by atoms with van der Waals surface area (Å²) in [5, 5.41) is 15.3. The lowest BCUT2D eigenvalue weighted by Crippen LogP contribution is -2.42. The number of anilines is 1. The van der Waals surface area contributed by atoms with Gasteiger partial charge in [-0.05, 0) is 24.1 Å². The van der Waals surface area contributed by atoms with Crippen LogP contribution in [0.4, 0.5) is 19.4 Å². The minimum atomic E-state index is -4.71. The Hall–Kier alpha value is -3.93. The Morgan fingerprint density at radius 3 is 2.55 bits per heavy atom. The molecule has 4 rings (SSSR count). The molecule has 1 aromatic carbocycles. The lowest BCUT2D eigenvalue weighted by Gasteiger charge is -2.24. The Morgan fingerprint density at radius 2 is 1.94 bits per heavy atom. The fraction of sp³-hybridized carbons (Fsp3) is 0.500. The second kappa shape index (κ2) is 14.5. The first-order valence-corrected chi connectivity index (χ1v) is 15.8. The van der Waals surface area contributed by atoms with Gasteiger partial charge in [-0.15, -0.1) is 0 Å². The Kier molecular flexibility index (Phi) is 11.0. The van der Waals surface area contributed by atoms with Gasteiger partial charge >= 0.3 is 25.5 Å². The van der Waals surface area contributed by atoms with Crippen molar-refractivity contribution in [3.05, 3.63) is 46.7 Å². The van der Waals surface area contributed by atoms with Crippen molar-refractivity contribution in [1.82, 2.24) is 14.6 Å². The van der Waals surface area contributed by atoms with E-state index in [-0.39, 0.29) is 30.4 Å². The van der Waals surface area contributed by atoms with E-state index in [1.807, 2.05) is 0 Å². The first-order chi connectivity index (χ1) is 22.1. The van der Waals surface area contributed by atoms with E-state index in [9.17, 15) is 28.9 Å². The summed E-state index contributed by atoms with van der Waals surface area (Å²) in [5.41, 5.74) is -0.889. The summed E-state index contributed by atoms with van der Waals surface area (Å²) in [6, 6.07) is 4.88. The molecule has 0 bridgehead atoms. The minimum absolute atomic E-state index is 0.0707. The summed E-state index contributed by atoms with van der Waals surface area (Å²) < 4.78 is 74.3. The number of carbonyl (C=O) groups is 2. The lowest BCUT2D eigenvalue weighted by molar-refractivity contribution is -0.140. The van der Waals surface area contributed by atoms with E-state index in [4.69, 9.17) is 27.9 Å². The van der Waals surface area contributed by atoms with E-state index in [0.29, 0.717) is 27.0 Å². The summed E-state index contributed by atoms with van der Waals surface area (Å²) in [6.45, 7) is 3.52. The van der Waals surface area contributed by atoms with Crippen LogP contribution in [-0.2, 0) is 30.0 Å². The van der Waals surface area contributed by atoms with Crippen LogP contribution in [0.15, 0.2) is 39.7 Å². The van der Waals surface area contributed by atoms with Gasteiger partial charge in [0.15, 0.2) is 24.0 Å². The number of ether oxygens (including phenoxy) is 4. The molecule has 2 aromatic heterocycles. The van der Waals surface area contributed by atoms with Crippen molar-refractivity contribution in [2.45, 2.75) is 64.2 Å². The molecule has 1 fully saturated rings. The van der Waals surface area contributed by atoms with Crippen molar-refractivity contribution in [3.8, 4) is 11.5 Å². The van der Waals surface area contributed by atoms with Crippen molar-refractivity contribution in [3.63, 3.8) is 0 Å². The van der Waals surface area contributed by atoms with E-state index >= 15 is 8.78 Å². The third kappa shape index (κ3) is 8.14. The van der Waals surface area contributed by atoms with E-state index in [0.717, 1.165) is 12.3 Å². The van der Waals surface area contributed by atoms with Gasteiger partial charge < -0.3 is 33.4 Å². The molecule has 1 amide bonds. The van der Waals surface area contributed by atoms with Crippen LogP contribution in [0.1, 0.15) is 39.2 Å². The third-order valence-corrected chi connectivity index (χ3v) is 8.28. The zero-order chi connectivity index (χ0) is 34.7. The molecule has 1 saturated heterocycles. The molecular formula is C28H35F2N4O12P. The summed E-state index contributed by atoms with van der Waals surface area (Å²) >= 11 is 0. The molecule has 0 saturated carbocycles. The molecule has 1 unspecified atom stereocenters. The smallest absolute Gasteiger partial charge is 0.413 e. The van der Waals surface area contributed by atoms with Gasteiger partial charge in [0.1, 0.15) is 29.2 Å². The number of benzene rings is 1. The number of Topliss-reactive ketones (excluding diaryl/α,β-unsaturated/α-hetero) is 1. The van der Waals surface area contributed by atoms with Crippen LogP contribution >= 0.6 is 7.75 Å². The summed E-state index contributed by atoms with van der Waals surface area (Å²) in [6.07, 6.45) is -6.91. The molecule has 3 aromatic rings. The number of alkyl halides is 2. The highest BCUT2D eigenvalue weighted by atomic mass is 31.2. The molecule has 4 N–H and O–H groups in total. The van der Waals surface area contributed by atoms with Gasteiger partial charge in [-0.2, -0.15) is 13.8 Å². The highest BCUT2D eigenvalue weighted by Crippen LogP contribution is 2.45. The van der Waals surface area contributed by atoms with Crippen LogP contribution in [0, 0.1) is 5.92 Å². The molecule has 19 heteroatoms. The number of aromatic nitrogens is 2. The Bertz CT molecular complexity index is 1710. The summed E-state index contributed by atoms with van der Waals surface area (Å²) in [7, 11) is -1.77. The molecule has 0 radical (unpaired) electrons. The fourth-order valence-electron chi connectivity index (χ4n) is 4.73. The predicted molar refractivity (Wildman–Crippen MR) is 159 cm³/mol. The van der Waals surface area contributed by atoms with Crippen molar-refractivity contribution < 1.29 is 60.8 Å². The number of amides is 1. The largest absolute Gasteiger partial charge is 0.497 e. The van der Waals surface area contributed by atoms with Crippen LogP contribution in [0.2, 0.25) is 0 Å². The number of nitrogens with one attached hydrogen (secondary N) is 2. The molecule has 0 spiro atoms. The fourth-order valence-corrected chi connectivity index (χ4v) is 5.95. The molecule has 16 nitrogen and oxygen atoms in total. The van der Waals surface area contributed by atoms with Crippen LogP contribution in [0.3, 0.4) is 0 Å². The highest BCUT2D eigenvalue weighted by molar-refractivity contribution is 7.50. The summed E-state index contributed by atoms with van der Waals surface area (Å²) in [5.74, 6) is -4.00. The van der Waals surface area contributed by atoms with Crippen LogP contribution in [0.25, 0.3) is 11.0 Å². The second-order valence-corrected chi connectivity index (χ2v) is 12.4. The number of halogens is 2. The first-order valence-electron chi connectivity index (χ1n) is 14.3. The topological polar surface area (TPSA) is 210 Å². The normalized spacial score (nSPS) is 20.9. The average Bonchev–Trinajstić information content (AvgIpc) is 3.54. The Morgan fingerprint density at radius 1 is 1.21 bits per heavy atom.